The predicted octanol–water partition coefficient (Wildman–Crippen LogP) is 3.37. The van der Waals surface area contributed by atoms with Gasteiger partial charge in [-0.15, -0.1) is 0 Å². The van der Waals surface area contributed by atoms with Gasteiger partial charge in [-0.25, -0.2) is 4.79 Å². The van der Waals surface area contributed by atoms with Crippen LogP contribution in [0.4, 0.5) is 11.5 Å². The number of allylic oxidation sites excluding steroid dienone is 1. The molecule has 1 aromatic carbocycles. The molecule has 0 saturated carbocycles. The Bertz CT molecular complexity index is 943. The molecule has 0 saturated heterocycles. The van der Waals surface area contributed by atoms with Crippen LogP contribution in [0.25, 0.3) is 0 Å². The molecule has 0 amide bonds. The van der Waals surface area contributed by atoms with Crippen molar-refractivity contribution in [1.29, 1.82) is 0 Å². The summed E-state index contributed by atoms with van der Waals surface area (Å²) in [6.45, 7) is 5.59. The van der Waals surface area contributed by atoms with Crippen LogP contribution in [-0.2, 0) is 11.8 Å². The van der Waals surface area contributed by atoms with Crippen LogP contribution in [0.3, 0.4) is 0 Å². The molecule has 1 aliphatic rings. The molecule has 8 heteroatoms. The average Bonchev–Trinajstić information content (AvgIpc) is 2.90. The smallest absolute Gasteiger partial charge is 0.334 e. The van der Waals surface area contributed by atoms with Gasteiger partial charge in [-0.2, -0.15) is 5.10 Å². The molecule has 0 radical (unpaired) electrons. The summed E-state index contributed by atoms with van der Waals surface area (Å²) in [5, 5.41) is 29.0. The first-order chi connectivity index (χ1) is 12.2. The van der Waals surface area contributed by atoms with Crippen molar-refractivity contribution in [3.05, 3.63) is 62.5 Å². The van der Waals surface area contributed by atoms with Crippen molar-refractivity contribution in [3.8, 4) is 0 Å². The van der Waals surface area contributed by atoms with E-state index < -0.39 is 16.8 Å². The van der Waals surface area contributed by atoms with E-state index in [4.69, 9.17) is 0 Å². The van der Waals surface area contributed by atoms with Gasteiger partial charge in [0, 0.05) is 29.9 Å². The Morgan fingerprint density at radius 2 is 2.04 bits per heavy atom. The largest absolute Gasteiger partial charge is 0.478 e. The first kappa shape index (κ1) is 17.7. The second-order valence-corrected chi connectivity index (χ2v) is 6.64. The number of aryl methyl sites for hydroxylation is 1. The van der Waals surface area contributed by atoms with E-state index in [2.05, 4.69) is 10.4 Å². The van der Waals surface area contributed by atoms with Gasteiger partial charge < -0.3 is 10.4 Å². The number of nitrogens with one attached hydrogen (secondary N) is 1. The van der Waals surface area contributed by atoms with Crippen molar-refractivity contribution < 1.29 is 14.8 Å². The van der Waals surface area contributed by atoms with Gasteiger partial charge in [0.25, 0.3) is 5.69 Å². The maximum Gasteiger partial charge on any atom is 0.334 e. The number of para-hydroxylation sites is 1. The van der Waals surface area contributed by atoms with Crippen molar-refractivity contribution >= 4 is 17.5 Å². The van der Waals surface area contributed by atoms with E-state index in [-0.39, 0.29) is 17.2 Å². The third-order valence-corrected chi connectivity index (χ3v) is 4.62. The normalized spacial score (nSPS) is 16.4. The second-order valence-electron chi connectivity index (χ2n) is 6.64. The standard InChI is InChI=1S/C18H20N4O4/c1-9(2)16-15-14(11-7-5-6-8-12(11)22(25)26)13(18(23)24)10(3)19-17(15)21(4)20-16/h5-9,14,19H,1-4H3,(H,23,24). The molecule has 136 valence electrons. The SMILES string of the molecule is CC1=C(C(=O)O)C(c2ccccc2[N+](=O)[O-])c2c(C(C)C)nn(C)c2N1. The van der Waals surface area contributed by atoms with Gasteiger partial charge in [-0.1, -0.05) is 32.0 Å². The predicted molar refractivity (Wildman–Crippen MR) is 96.2 cm³/mol. The Labute approximate surface area is 150 Å². The van der Waals surface area contributed by atoms with Crippen LogP contribution in [0.2, 0.25) is 0 Å². The molecule has 1 unspecified atom stereocenters. The lowest BCUT2D eigenvalue weighted by atomic mass is 9.79. The highest BCUT2D eigenvalue weighted by atomic mass is 16.6. The van der Waals surface area contributed by atoms with E-state index in [1.54, 1.807) is 36.9 Å². The maximum absolute atomic E-state index is 12.0. The van der Waals surface area contributed by atoms with Crippen LogP contribution < -0.4 is 5.32 Å². The fourth-order valence-electron chi connectivity index (χ4n) is 3.52. The Morgan fingerprint density at radius 1 is 1.38 bits per heavy atom. The minimum Gasteiger partial charge on any atom is -0.478 e. The van der Waals surface area contributed by atoms with Gasteiger partial charge in [0.15, 0.2) is 0 Å². The Balaban J connectivity index is 2.39. The lowest BCUT2D eigenvalue weighted by Crippen LogP contribution is -2.24. The number of aromatic nitrogens is 2. The molecular formula is C18H20N4O4. The van der Waals surface area contributed by atoms with Gasteiger partial charge in [-0.05, 0) is 12.8 Å². The highest BCUT2D eigenvalue weighted by molar-refractivity contribution is 5.93. The van der Waals surface area contributed by atoms with Gasteiger partial charge in [0.1, 0.15) is 5.82 Å². The number of nitro groups is 1. The van der Waals surface area contributed by atoms with Crippen LogP contribution in [0.1, 0.15) is 49.4 Å². The molecule has 1 aromatic heterocycles. The molecule has 0 bridgehead atoms. The molecule has 0 fully saturated rings. The lowest BCUT2D eigenvalue weighted by Gasteiger charge is -2.28. The molecule has 2 aromatic rings. The fourth-order valence-corrected chi connectivity index (χ4v) is 3.52. The zero-order valence-corrected chi connectivity index (χ0v) is 15.0. The number of carboxylic acid groups (broad SMARTS) is 1. The minimum absolute atomic E-state index is 0.0328. The van der Waals surface area contributed by atoms with Gasteiger partial charge in [0.2, 0.25) is 0 Å². The van der Waals surface area contributed by atoms with E-state index in [1.165, 1.54) is 6.07 Å². The summed E-state index contributed by atoms with van der Waals surface area (Å²) in [6.07, 6.45) is 0. The van der Waals surface area contributed by atoms with Gasteiger partial charge >= 0.3 is 5.97 Å². The topological polar surface area (TPSA) is 110 Å². The third kappa shape index (κ3) is 2.63. The van der Waals surface area contributed by atoms with Crippen molar-refractivity contribution in [1.82, 2.24) is 9.78 Å². The quantitative estimate of drug-likeness (QED) is 0.642. The van der Waals surface area contributed by atoms with E-state index in [0.29, 0.717) is 22.6 Å². The first-order valence-electron chi connectivity index (χ1n) is 8.25. The van der Waals surface area contributed by atoms with Crippen molar-refractivity contribution in [2.45, 2.75) is 32.6 Å². The molecule has 1 aliphatic heterocycles. The first-order valence-corrected chi connectivity index (χ1v) is 8.25. The monoisotopic (exact) mass is 356 g/mol. The van der Waals surface area contributed by atoms with E-state index in [9.17, 15) is 20.0 Å². The molecule has 1 atom stereocenters. The van der Waals surface area contributed by atoms with Crippen LogP contribution in [0.15, 0.2) is 35.5 Å². The number of aliphatic carboxylic acids is 1. The zero-order valence-electron chi connectivity index (χ0n) is 15.0. The van der Waals surface area contributed by atoms with E-state index >= 15 is 0 Å². The number of fused-ring (bicyclic) bond motifs is 1. The van der Waals surface area contributed by atoms with Gasteiger partial charge in [0.05, 0.1) is 22.1 Å². The molecule has 2 heterocycles. The summed E-state index contributed by atoms with van der Waals surface area (Å²) in [6, 6.07) is 6.28. The molecule has 8 nitrogen and oxygen atoms in total. The van der Waals surface area contributed by atoms with E-state index in [0.717, 1.165) is 5.69 Å². The molecular weight excluding hydrogens is 336 g/mol. The summed E-state index contributed by atoms with van der Waals surface area (Å²) in [7, 11) is 1.77. The van der Waals surface area contributed by atoms with Gasteiger partial charge in [-0.3, -0.25) is 14.8 Å². The van der Waals surface area contributed by atoms with E-state index in [1.807, 2.05) is 13.8 Å². The fraction of sp³-hybridized carbons (Fsp3) is 0.333. The summed E-state index contributed by atoms with van der Waals surface area (Å²) < 4.78 is 1.66. The van der Waals surface area contributed by atoms with Crippen molar-refractivity contribution in [3.63, 3.8) is 0 Å². The van der Waals surface area contributed by atoms with Crippen molar-refractivity contribution in [2.24, 2.45) is 7.05 Å². The number of nitrogens with zero attached hydrogens (tertiary/aromatic N) is 3. The Kier molecular flexibility index (Phi) is 4.27. The molecule has 0 aliphatic carbocycles. The molecule has 26 heavy (non-hydrogen) atoms. The zero-order chi connectivity index (χ0) is 19.2. The Hall–Kier alpha value is -3.16. The highest BCUT2D eigenvalue weighted by Crippen LogP contribution is 2.47. The molecule has 2 N–H and O–H groups in total. The number of carboxylic acids is 1. The number of carbonyl (C=O) groups is 1. The highest BCUT2D eigenvalue weighted by Gasteiger charge is 2.40. The van der Waals surface area contributed by atoms with Crippen LogP contribution in [0.5, 0.6) is 0 Å². The third-order valence-electron chi connectivity index (χ3n) is 4.62. The number of hydrogen-bond donors (Lipinski definition) is 2. The number of anilines is 1. The maximum atomic E-state index is 12.0. The summed E-state index contributed by atoms with van der Waals surface area (Å²) >= 11 is 0. The van der Waals surface area contributed by atoms with Crippen LogP contribution in [-0.4, -0.2) is 25.8 Å². The number of nitro benzene ring substituents is 1. The molecule has 0 spiro atoms. The number of rotatable bonds is 4. The molecule has 3 rings (SSSR count). The summed E-state index contributed by atoms with van der Waals surface area (Å²) in [5.74, 6) is -1.18. The Morgan fingerprint density at radius 3 is 2.62 bits per heavy atom. The van der Waals surface area contributed by atoms with Crippen LogP contribution in [0, 0.1) is 10.1 Å². The number of hydrogen-bond acceptors (Lipinski definition) is 5. The van der Waals surface area contributed by atoms with Crippen LogP contribution >= 0.6 is 0 Å². The summed E-state index contributed by atoms with van der Waals surface area (Å²) in [4.78, 5) is 23.1. The summed E-state index contributed by atoms with van der Waals surface area (Å²) in [5.41, 5.74) is 2.21. The number of benzene rings is 1. The lowest BCUT2D eigenvalue weighted by molar-refractivity contribution is -0.385. The van der Waals surface area contributed by atoms with Crippen molar-refractivity contribution in [2.75, 3.05) is 5.32 Å². The minimum atomic E-state index is -1.11. The second kappa shape index (κ2) is 6.29. The average molecular weight is 356 g/mol.